The monoisotopic (exact) mass is 287 g/mol. The first-order valence-corrected chi connectivity index (χ1v) is 7.41. The second-order valence-electron chi connectivity index (χ2n) is 3.98. The maximum absolute atomic E-state index is 11.9. The summed E-state index contributed by atoms with van der Waals surface area (Å²) in [5.41, 5.74) is 0.493. The molecule has 0 spiro atoms. The van der Waals surface area contributed by atoms with E-state index in [1.807, 2.05) is 0 Å². The molecule has 0 amide bonds. The second kappa shape index (κ2) is 5.62. The molecule has 2 heterocycles. The Morgan fingerprint density at radius 1 is 1.37 bits per heavy atom. The fourth-order valence-corrected chi connectivity index (χ4v) is 2.02. The summed E-state index contributed by atoms with van der Waals surface area (Å²) in [6.45, 7) is 0.974. The maximum Gasteiger partial charge on any atom is 0.326 e. The van der Waals surface area contributed by atoms with Crippen LogP contribution in [0.2, 0.25) is 0 Å². The fraction of sp³-hybridized carbons (Fsp3) is 0.444. The first kappa shape index (κ1) is 13.9. The molecule has 2 rings (SSSR count). The molecule has 0 aromatic carbocycles. The van der Waals surface area contributed by atoms with Crippen molar-refractivity contribution < 1.29 is 14.4 Å². The SMILES string of the molecule is O=c1c2[nH]cnc2ncn1CCNCCP(=O)(O)O. The van der Waals surface area contributed by atoms with Crippen molar-refractivity contribution in [2.24, 2.45) is 0 Å². The van der Waals surface area contributed by atoms with E-state index in [4.69, 9.17) is 9.79 Å². The van der Waals surface area contributed by atoms with Gasteiger partial charge in [-0.2, -0.15) is 0 Å². The van der Waals surface area contributed by atoms with Crippen molar-refractivity contribution in [3.8, 4) is 0 Å². The molecule has 0 saturated heterocycles. The number of aromatic nitrogens is 4. The summed E-state index contributed by atoms with van der Waals surface area (Å²) in [6.07, 6.45) is 2.58. The van der Waals surface area contributed by atoms with Crippen LogP contribution >= 0.6 is 7.60 Å². The molecular weight excluding hydrogens is 273 g/mol. The molecule has 9 nitrogen and oxygen atoms in total. The highest BCUT2D eigenvalue weighted by atomic mass is 31.2. The van der Waals surface area contributed by atoms with Gasteiger partial charge in [0.25, 0.3) is 5.56 Å². The Kier molecular flexibility index (Phi) is 4.11. The van der Waals surface area contributed by atoms with Crippen LogP contribution in [0.1, 0.15) is 0 Å². The molecule has 0 fully saturated rings. The van der Waals surface area contributed by atoms with Crippen molar-refractivity contribution in [1.29, 1.82) is 0 Å². The van der Waals surface area contributed by atoms with Gasteiger partial charge in [0.1, 0.15) is 6.33 Å². The third-order valence-corrected chi connectivity index (χ3v) is 3.33. The first-order valence-electron chi connectivity index (χ1n) is 5.61. The lowest BCUT2D eigenvalue weighted by atomic mass is 10.5. The zero-order chi connectivity index (χ0) is 13.9. The van der Waals surface area contributed by atoms with Crippen molar-refractivity contribution in [2.75, 3.05) is 19.3 Å². The van der Waals surface area contributed by atoms with Crippen LogP contribution in [0.15, 0.2) is 17.4 Å². The van der Waals surface area contributed by atoms with Crippen molar-refractivity contribution in [1.82, 2.24) is 24.8 Å². The van der Waals surface area contributed by atoms with Gasteiger partial charge in [-0.3, -0.25) is 13.9 Å². The number of imidazole rings is 1. The van der Waals surface area contributed by atoms with Gasteiger partial charge >= 0.3 is 7.60 Å². The highest BCUT2D eigenvalue weighted by molar-refractivity contribution is 7.51. The van der Waals surface area contributed by atoms with Gasteiger partial charge in [0, 0.05) is 19.6 Å². The number of nitrogens with zero attached hydrogens (tertiary/aromatic N) is 3. The van der Waals surface area contributed by atoms with E-state index < -0.39 is 7.60 Å². The lowest BCUT2D eigenvalue weighted by molar-refractivity contribution is 0.371. The van der Waals surface area contributed by atoms with Crippen LogP contribution < -0.4 is 10.9 Å². The molecule has 104 valence electrons. The minimum absolute atomic E-state index is 0.193. The average Bonchev–Trinajstić information content (AvgIpc) is 2.79. The predicted octanol–water partition coefficient (Wildman–Crippen LogP) is -1.11. The van der Waals surface area contributed by atoms with Crippen LogP contribution in [-0.2, 0) is 11.1 Å². The van der Waals surface area contributed by atoms with Gasteiger partial charge in [0.15, 0.2) is 11.2 Å². The van der Waals surface area contributed by atoms with E-state index in [1.165, 1.54) is 17.2 Å². The summed E-state index contributed by atoms with van der Waals surface area (Å²) in [5, 5.41) is 2.85. The third kappa shape index (κ3) is 3.71. The van der Waals surface area contributed by atoms with Crippen molar-refractivity contribution in [3.05, 3.63) is 23.0 Å². The molecule has 2 aromatic rings. The summed E-state index contributed by atoms with van der Waals surface area (Å²) in [5.74, 6) is 0. The Balaban J connectivity index is 1.90. The molecule has 0 aliphatic carbocycles. The van der Waals surface area contributed by atoms with Crippen molar-refractivity contribution >= 4 is 18.8 Å². The molecular formula is C9H14N5O4P. The normalized spacial score (nSPS) is 12.1. The Hall–Kier alpha value is -1.54. The highest BCUT2D eigenvalue weighted by Gasteiger charge is 2.11. The molecule has 0 atom stereocenters. The minimum atomic E-state index is -3.97. The van der Waals surface area contributed by atoms with E-state index in [0.29, 0.717) is 24.3 Å². The van der Waals surface area contributed by atoms with Crippen LogP contribution in [0, 0.1) is 0 Å². The average molecular weight is 287 g/mol. The minimum Gasteiger partial charge on any atom is -0.339 e. The topological polar surface area (TPSA) is 133 Å². The van der Waals surface area contributed by atoms with Gasteiger partial charge in [-0.1, -0.05) is 0 Å². The van der Waals surface area contributed by atoms with Crippen LogP contribution in [0.3, 0.4) is 0 Å². The second-order valence-corrected chi connectivity index (χ2v) is 5.76. The predicted molar refractivity (Wildman–Crippen MR) is 67.9 cm³/mol. The van der Waals surface area contributed by atoms with Crippen LogP contribution in [0.25, 0.3) is 11.2 Å². The van der Waals surface area contributed by atoms with Crippen molar-refractivity contribution in [2.45, 2.75) is 6.54 Å². The Labute approximate surface area is 107 Å². The first-order chi connectivity index (χ1) is 8.97. The van der Waals surface area contributed by atoms with Gasteiger partial charge in [-0.05, 0) is 0 Å². The third-order valence-electron chi connectivity index (χ3n) is 2.52. The molecule has 19 heavy (non-hydrogen) atoms. The number of rotatable bonds is 6. The molecule has 4 N–H and O–H groups in total. The molecule has 0 aliphatic heterocycles. The molecule has 0 saturated carbocycles. The van der Waals surface area contributed by atoms with E-state index in [2.05, 4.69) is 20.3 Å². The van der Waals surface area contributed by atoms with E-state index in [1.54, 1.807) is 0 Å². The summed E-state index contributed by atoms with van der Waals surface area (Å²) < 4.78 is 12.0. The Morgan fingerprint density at radius 3 is 2.89 bits per heavy atom. The number of fused-ring (bicyclic) bond motifs is 1. The van der Waals surface area contributed by atoms with Crippen LogP contribution in [0.5, 0.6) is 0 Å². The van der Waals surface area contributed by atoms with E-state index in [9.17, 15) is 9.36 Å². The molecule has 0 bridgehead atoms. The summed E-state index contributed by atoms with van der Waals surface area (Å²) in [6, 6.07) is 0. The van der Waals surface area contributed by atoms with Gasteiger partial charge in [0.2, 0.25) is 0 Å². The van der Waals surface area contributed by atoms with Crippen LogP contribution in [-0.4, -0.2) is 48.6 Å². The molecule has 0 aliphatic rings. The van der Waals surface area contributed by atoms with E-state index in [-0.39, 0.29) is 18.3 Å². The zero-order valence-corrected chi connectivity index (χ0v) is 10.9. The van der Waals surface area contributed by atoms with Gasteiger partial charge in [0.05, 0.1) is 12.5 Å². The summed E-state index contributed by atoms with van der Waals surface area (Å²) >= 11 is 0. The lowest BCUT2D eigenvalue weighted by Gasteiger charge is -2.07. The zero-order valence-electron chi connectivity index (χ0n) is 9.98. The summed E-state index contributed by atoms with van der Waals surface area (Å²) in [7, 11) is -3.97. The molecule has 0 unspecified atom stereocenters. The highest BCUT2D eigenvalue weighted by Crippen LogP contribution is 2.32. The number of aromatic amines is 1. The Bertz CT molecular complexity index is 660. The smallest absolute Gasteiger partial charge is 0.326 e. The molecule has 0 radical (unpaired) electrons. The maximum atomic E-state index is 11.9. The number of hydrogen-bond donors (Lipinski definition) is 4. The molecule has 2 aromatic heterocycles. The largest absolute Gasteiger partial charge is 0.339 e. The van der Waals surface area contributed by atoms with E-state index >= 15 is 0 Å². The van der Waals surface area contributed by atoms with E-state index in [0.717, 1.165) is 0 Å². The van der Waals surface area contributed by atoms with Gasteiger partial charge in [-0.15, -0.1) is 0 Å². The lowest BCUT2D eigenvalue weighted by Crippen LogP contribution is -2.28. The summed E-state index contributed by atoms with van der Waals surface area (Å²) in [4.78, 5) is 39.9. The number of H-pyrrole nitrogens is 1. The Morgan fingerprint density at radius 2 is 2.16 bits per heavy atom. The van der Waals surface area contributed by atoms with Gasteiger partial charge < -0.3 is 20.1 Å². The quantitative estimate of drug-likeness (QED) is 0.391. The molecule has 10 heteroatoms. The van der Waals surface area contributed by atoms with Gasteiger partial charge in [-0.25, -0.2) is 9.97 Å². The standard InChI is InChI=1S/C9H14N5O4P/c15-9-7-8(12-5-11-7)13-6-14(9)3-1-10-2-4-19(16,17)18/h5-6,10H,1-4H2,(H,11,12)(H2,16,17,18). The van der Waals surface area contributed by atoms with Crippen LogP contribution in [0.4, 0.5) is 0 Å². The fourth-order valence-electron chi connectivity index (χ4n) is 1.57. The number of nitrogens with one attached hydrogen (secondary N) is 2. The number of hydrogen-bond acceptors (Lipinski definition) is 5. The van der Waals surface area contributed by atoms with Crippen molar-refractivity contribution in [3.63, 3.8) is 0 Å².